The van der Waals surface area contributed by atoms with E-state index in [1.54, 1.807) is 11.3 Å². The summed E-state index contributed by atoms with van der Waals surface area (Å²) in [5.41, 5.74) is 0.768. The van der Waals surface area contributed by atoms with Crippen LogP contribution >= 0.6 is 11.3 Å². The van der Waals surface area contributed by atoms with E-state index in [1.165, 1.54) is 4.88 Å². The molecule has 1 heterocycles. The predicted molar refractivity (Wildman–Crippen MR) is 76.9 cm³/mol. The number of carbonyl (C=O) groups excluding carboxylic acids is 1. The van der Waals surface area contributed by atoms with Gasteiger partial charge in [0.25, 0.3) is 0 Å². The monoisotopic (exact) mass is 275 g/mol. The lowest BCUT2D eigenvalue weighted by Gasteiger charge is -2.10. The molecule has 0 saturated heterocycles. The fourth-order valence-corrected chi connectivity index (χ4v) is 2.64. The van der Waals surface area contributed by atoms with Gasteiger partial charge in [-0.25, -0.2) is 0 Å². The molecule has 2 N–H and O–H groups in total. The number of nitrogens with one attached hydrogen (secondary N) is 1. The number of amides is 1. The standard InChI is InChI=1S/C15H17NO2S/c1-11-7-8-13(19-11)10-16-15(18)9-14(17)12-5-3-2-4-6-12/h2-8,14,17H,9-10H2,1H3,(H,16,18). The minimum Gasteiger partial charge on any atom is -0.388 e. The smallest absolute Gasteiger partial charge is 0.223 e. The molecule has 1 aromatic heterocycles. The molecule has 2 aromatic rings. The Morgan fingerprint density at radius 2 is 2.00 bits per heavy atom. The van der Waals surface area contributed by atoms with Crippen molar-refractivity contribution < 1.29 is 9.90 Å². The first-order chi connectivity index (χ1) is 9.15. The van der Waals surface area contributed by atoms with Crippen LogP contribution in [-0.4, -0.2) is 11.0 Å². The molecular weight excluding hydrogens is 258 g/mol. The first kappa shape index (κ1) is 13.8. The average Bonchev–Trinajstić information content (AvgIpc) is 2.83. The average molecular weight is 275 g/mol. The number of carbonyl (C=O) groups is 1. The van der Waals surface area contributed by atoms with E-state index in [1.807, 2.05) is 49.4 Å². The van der Waals surface area contributed by atoms with Crippen LogP contribution < -0.4 is 5.32 Å². The fourth-order valence-electron chi connectivity index (χ4n) is 1.81. The minimum absolute atomic E-state index is 0.0916. The van der Waals surface area contributed by atoms with Crippen molar-refractivity contribution in [3.05, 3.63) is 57.8 Å². The van der Waals surface area contributed by atoms with Crippen molar-refractivity contribution in [2.24, 2.45) is 0 Å². The minimum atomic E-state index is -0.744. The molecule has 1 amide bonds. The van der Waals surface area contributed by atoms with Gasteiger partial charge in [0.2, 0.25) is 5.91 Å². The number of aliphatic hydroxyl groups is 1. The summed E-state index contributed by atoms with van der Waals surface area (Å²) in [4.78, 5) is 14.1. The van der Waals surface area contributed by atoms with E-state index in [9.17, 15) is 9.90 Å². The van der Waals surface area contributed by atoms with Crippen molar-refractivity contribution in [1.29, 1.82) is 0 Å². The van der Waals surface area contributed by atoms with Crippen molar-refractivity contribution in [3.63, 3.8) is 0 Å². The number of hydrogen-bond acceptors (Lipinski definition) is 3. The topological polar surface area (TPSA) is 49.3 Å². The van der Waals surface area contributed by atoms with Gasteiger partial charge in [-0.2, -0.15) is 0 Å². The van der Waals surface area contributed by atoms with Gasteiger partial charge in [0.15, 0.2) is 0 Å². The Labute approximate surface area is 116 Å². The van der Waals surface area contributed by atoms with Gasteiger partial charge in [-0.3, -0.25) is 4.79 Å². The van der Waals surface area contributed by atoms with Gasteiger partial charge >= 0.3 is 0 Å². The molecule has 1 atom stereocenters. The number of thiophene rings is 1. The van der Waals surface area contributed by atoms with Crippen LogP contribution in [0, 0.1) is 6.92 Å². The van der Waals surface area contributed by atoms with E-state index < -0.39 is 6.10 Å². The summed E-state index contributed by atoms with van der Waals surface area (Å²) in [6.45, 7) is 2.56. The molecule has 1 aromatic carbocycles. The SMILES string of the molecule is Cc1ccc(CNC(=O)CC(O)c2ccccc2)s1. The quantitative estimate of drug-likeness (QED) is 0.881. The van der Waals surface area contributed by atoms with E-state index in [-0.39, 0.29) is 12.3 Å². The normalized spacial score (nSPS) is 12.1. The number of aliphatic hydroxyl groups excluding tert-OH is 1. The second-order valence-corrected chi connectivity index (χ2v) is 5.79. The lowest BCUT2D eigenvalue weighted by Crippen LogP contribution is -2.24. The van der Waals surface area contributed by atoms with Gasteiger partial charge in [0, 0.05) is 9.75 Å². The molecule has 4 heteroatoms. The highest BCUT2D eigenvalue weighted by Gasteiger charge is 2.12. The van der Waals surface area contributed by atoms with Gasteiger partial charge in [0.1, 0.15) is 0 Å². The van der Waals surface area contributed by atoms with Gasteiger partial charge in [0.05, 0.1) is 19.1 Å². The zero-order chi connectivity index (χ0) is 13.7. The van der Waals surface area contributed by atoms with E-state index in [4.69, 9.17) is 0 Å². The number of hydrogen-bond donors (Lipinski definition) is 2. The maximum atomic E-state index is 11.7. The largest absolute Gasteiger partial charge is 0.388 e. The zero-order valence-corrected chi connectivity index (χ0v) is 11.6. The van der Waals surface area contributed by atoms with Crippen LogP contribution in [0.4, 0.5) is 0 Å². The molecule has 0 aliphatic heterocycles. The summed E-state index contributed by atoms with van der Waals surface area (Å²) in [5, 5.41) is 12.8. The molecule has 0 fully saturated rings. The number of rotatable bonds is 5. The fraction of sp³-hybridized carbons (Fsp3) is 0.267. The van der Waals surface area contributed by atoms with Gasteiger partial charge < -0.3 is 10.4 Å². The van der Waals surface area contributed by atoms with Gasteiger partial charge in [-0.05, 0) is 24.6 Å². The Balaban J connectivity index is 1.81. The second-order valence-electron chi connectivity index (χ2n) is 4.42. The third-order valence-corrected chi connectivity index (χ3v) is 3.82. The van der Waals surface area contributed by atoms with Crippen LogP contribution in [0.25, 0.3) is 0 Å². The van der Waals surface area contributed by atoms with E-state index in [2.05, 4.69) is 5.32 Å². The lowest BCUT2D eigenvalue weighted by atomic mass is 10.1. The summed E-state index contributed by atoms with van der Waals surface area (Å²) in [6, 6.07) is 13.3. The van der Waals surface area contributed by atoms with E-state index in [0.717, 1.165) is 10.4 Å². The maximum absolute atomic E-state index is 11.7. The summed E-state index contributed by atoms with van der Waals surface area (Å²) in [7, 11) is 0. The Bertz CT molecular complexity index is 536. The first-order valence-electron chi connectivity index (χ1n) is 6.20. The second kappa shape index (κ2) is 6.50. The van der Waals surface area contributed by atoms with Crippen molar-refractivity contribution in [1.82, 2.24) is 5.32 Å². The van der Waals surface area contributed by atoms with Gasteiger partial charge in [-0.15, -0.1) is 11.3 Å². The van der Waals surface area contributed by atoms with Crippen LogP contribution in [-0.2, 0) is 11.3 Å². The molecule has 3 nitrogen and oxygen atoms in total. The molecule has 0 radical (unpaired) electrons. The predicted octanol–water partition coefficient (Wildman–Crippen LogP) is 2.80. The summed E-state index contributed by atoms with van der Waals surface area (Å²) >= 11 is 1.67. The highest BCUT2D eigenvalue weighted by Crippen LogP contribution is 2.17. The van der Waals surface area contributed by atoms with Gasteiger partial charge in [-0.1, -0.05) is 30.3 Å². The molecule has 0 spiro atoms. The number of benzene rings is 1. The maximum Gasteiger partial charge on any atom is 0.223 e. The molecule has 100 valence electrons. The molecular formula is C15H17NO2S. The first-order valence-corrected chi connectivity index (χ1v) is 7.02. The molecule has 1 unspecified atom stereocenters. The molecule has 0 saturated carbocycles. The Morgan fingerprint density at radius 1 is 1.26 bits per heavy atom. The number of aryl methyl sites for hydroxylation is 1. The van der Waals surface area contributed by atoms with Crippen LogP contribution in [0.2, 0.25) is 0 Å². The summed E-state index contributed by atoms with van der Waals surface area (Å²) in [5.74, 6) is -0.137. The third kappa shape index (κ3) is 4.19. The van der Waals surface area contributed by atoms with Crippen LogP contribution in [0.1, 0.15) is 27.8 Å². The molecule has 0 bridgehead atoms. The molecule has 0 aliphatic rings. The zero-order valence-electron chi connectivity index (χ0n) is 10.8. The summed E-state index contributed by atoms with van der Waals surface area (Å²) in [6.07, 6.45) is -0.653. The molecule has 2 rings (SSSR count). The van der Waals surface area contributed by atoms with Crippen molar-refractivity contribution >= 4 is 17.2 Å². The Morgan fingerprint density at radius 3 is 2.63 bits per heavy atom. The molecule has 19 heavy (non-hydrogen) atoms. The summed E-state index contributed by atoms with van der Waals surface area (Å²) < 4.78 is 0. The highest BCUT2D eigenvalue weighted by atomic mass is 32.1. The third-order valence-electron chi connectivity index (χ3n) is 2.82. The lowest BCUT2D eigenvalue weighted by molar-refractivity contribution is -0.123. The van der Waals surface area contributed by atoms with Crippen LogP contribution in [0.5, 0.6) is 0 Å². The van der Waals surface area contributed by atoms with E-state index in [0.29, 0.717) is 6.54 Å². The highest BCUT2D eigenvalue weighted by molar-refractivity contribution is 7.11. The van der Waals surface area contributed by atoms with E-state index >= 15 is 0 Å². The van der Waals surface area contributed by atoms with Crippen molar-refractivity contribution in [3.8, 4) is 0 Å². The van der Waals surface area contributed by atoms with Crippen molar-refractivity contribution in [2.45, 2.75) is 26.0 Å². The van der Waals surface area contributed by atoms with Crippen LogP contribution in [0.3, 0.4) is 0 Å². The Kier molecular flexibility index (Phi) is 4.71. The Hall–Kier alpha value is -1.65. The molecule has 0 aliphatic carbocycles. The van der Waals surface area contributed by atoms with Crippen LogP contribution in [0.15, 0.2) is 42.5 Å². The van der Waals surface area contributed by atoms with Crippen molar-refractivity contribution in [2.75, 3.05) is 0 Å².